The third-order valence-electron chi connectivity index (χ3n) is 1.67. The molecule has 0 aliphatic carbocycles. The molecule has 0 amide bonds. The van der Waals surface area contributed by atoms with Gasteiger partial charge in [-0.25, -0.2) is 0 Å². The summed E-state index contributed by atoms with van der Waals surface area (Å²) in [4.78, 5) is 0. The van der Waals surface area contributed by atoms with Crippen LogP contribution in [0, 0.1) is 11.3 Å². The third kappa shape index (κ3) is 2.31. The highest BCUT2D eigenvalue weighted by molar-refractivity contribution is 6.60. The fourth-order valence-electron chi connectivity index (χ4n) is 1.06. The molecule has 1 aromatic carbocycles. The van der Waals surface area contributed by atoms with Crippen molar-refractivity contribution >= 4 is 12.6 Å². The second-order valence-corrected chi connectivity index (χ2v) is 2.51. The van der Waals surface area contributed by atoms with Gasteiger partial charge in [0, 0.05) is 6.61 Å². The van der Waals surface area contributed by atoms with Gasteiger partial charge in [-0.1, -0.05) is 18.2 Å². The molecule has 0 radical (unpaired) electrons. The van der Waals surface area contributed by atoms with E-state index >= 15 is 0 Å². The van der Waals surface area contributed by atoms with Crippen LogP contribution in [0.3, 0.4) is 0 Å². The van der Waals surface area contributed by atoms with Crippen molar-refractivity contribution in [2.24, 2.45) is 0 Å². The van der Waals surface area contributed by atoms with E-state index in [0.29, 0.717) is 17.6 Å². The van der Waals surface area contributed by atoms with Crippen LogP contribution < -0.4 is 5.46 Å². The second-order valence-electron chi connectivity index (χ2n) is 2.51. The molecular formula is C9H10BNO2. The summed E-state index contributed by atoms with van der Waals surface area (Å²) < 4.78 is 4.97. The first-order valence-electron chi connectivity index (χ1n) is 4.08. The number of nitrogens with zero attached hydrogens (tertiary/aromatic N) is 1. The summed E-state index contributed by atoms with van der Waals surface area (Å²) >= 11 is 0. The predicted octanol–water partition coefficient (Wildman–Crippen LogP) is 0.282. The van der Waals surface area contributed by atoms with E-state index in [1.54, 1.807) is 31.2 Å². The van der Waals surface area contributed by atoms with Crippen LogP contribution in [0.4, 0.5) is 0 Å². The van der Waals surface area contributed by atoms with E-state index < -0.39 is 7.12 Å². The van der Waals surface area contributed by atoms with Gasteiger partial charge in [0.15, 0.2) is 0 Å². The van der Waals surface area contributed by atoms with E-state index in [2.05, 4.69) is 0 Å². The van der Waals surface area contributed by atoms with Gasteiger partial charge in [-0.3, -0.25) is 0 Å². The summed E-state index contributed by atoms with van der Waals surface area (Å²) in [6.07, 6.45) is 0. The Hall–Kier alpha value is -1.31. The predicted molar refractivity (Wildman–Crippen MR) is 50.4 cm³/mol. The maximum Gasteiger partial charge on any atom is 0.492 e. The van der Waals surface area contributed by atoms with Crippen molar-refractivity contribution in [3.63, 3.8) is 0 Å². The van der Waals surface area contributed by atoms with Crippen molar-refractivity contribution in [3.8, 4) is 6.07 Å². The van der Waals surface area contributed by atoms with E-state index in [4.69, 9.17) is 9.92 Å². The van der Waals surface area contributed by atoms with Crippen LogP contribution in [0.1, 0.15) is 12.5 Å². The zero-order chi connectivity index (χ0) is 9.68. The summed E-state index contributed by atoms with van der Waals surface area (Å²) in [5, 5.41) is 18.2. The average Bonchev–Trinajstić information content (AvgIpc) is 2.18. The topological polar surface area (TPSA) is 53.2 Å². The normalized spacial score (nSPS) is 9.31. The van der Waals surface area contributed by atoms with Crippen LogP contribution in [0.2, 0.25) is 0 Å². The molecule has 0 heterocycles. The van der Waals surface area contributed by atoms with E-state index in [1.165, 1.54) is 0 Å². The molecule has 0 unspecified atom stereocenters. The lowest BCUT2D eigenvalue weighted by Gasteiger charge is -2.06. The molecule has 4 heteroatoms. The average molecular weight is 175 g/mol. The van der Waals surface area contributed by atoms with Crippen LogP contribution in [-0.2, 0) is 4.65 Å². The Morgan fingerprint density at radius 2 is 2.23 bits per heavy atom. The number of rotatable bonds is 3. The van der Waals surface area contributed by atoms with Crippen molar-refractivity contribution in [3.05, 3.63) is 29.8 Å². The summed E-state index contributed by atoms with van der Waals surface area (Å²) in [6.45, 7) is 2.21. The van der Waals surface area contributed by atoms with Crippen molar-refractivity contribution in [2.45, 2.75) is 6.92 Å². The zero-order valence-corrected chi connectivity index (χ0v) is 7.40. The number of benzene rings is 1. The molecule has 0 atom stereocenters. The number of hydrogen-bond acceptors (Lipinski definition) is 3. The van der Waals surface area contributed by atoms with Gasteiger partial charge < -0.3 is 9.68 Å². The fourth-order valence-corrected chi connectivity index (χ4v) is 1.06. The van der Waals surface area contributed by atoms with Crippen LogP contribution in [0.25, 0.3) is 0 Å². The summed E-state index contributed by atoms with van der Waals surface area (Å²) in [5.41, 5.74) is 0.968. The molecule has 1 aromatic rings. The molecule has 13 heavy (non-hydrogen) atoms. The highest BCUT2D eigenvalue weighted by Crippen LogP contribution is 1.96. The Kier molecular flexibility index (Phi) is 3.50. The van der Waals surface area contributed by atoms with Gasteiger partial charge in [0.05, 0.1) is 11.6 Å². The van der Waals surface area contributed by atoms with Gasteiger partial charge >= 0.3 is 7.12 Å². The second kappa shape index (κ2) is 4.66. The number of nitriles is 1. The Morgan fingerprint density at radius 1 is 1.54 bits per heavy atom. The van der Waals surface area contributed by atoms with Crippen LogP contribution in [0.15, 0.2) is 24.3 Å². The van der Waals surface area contributed by atoms with E-state index in [9.17, 15) is 5.02 Å². The minimum absolute atomic E-state index is 0.418. The molecule has 0 aromatic heterocycles. The molecule has 66 valence electrons. The molecule has 0 saturated carbocycles. The monoisotopic (exact) mass is 175 g/mol. The van der Waals surface area contributed by atoms with Gasteiger partial charge in [-0.15, -0.1) is 0 Å². The quantitative estimate of drug-likeness (QED) is 0.671. The smallest absolute Gasteiger partial charge is 0.423 e. The van der Waals surface area contributed by atoms with E-state index in [1.807, 2.05) is 6.07 Å². The van der Waals surface area contributed by atoms with E-state index in [-0.39, 0.29) is 0 Å². The van der Waals surface area contributed by atoms with Crippen molar-refractivity contribution in [1.29, 1.82) is 5.26 Å². The van der Waals surface area contributed by atoms with Crippen molar-refractivity contribution < 1.29 is 9.68 Å². The number of hydrogen-bond donors (Lipinski definition) is 1. The van der Waals surface area contributed by atoms with Crippen LogP contribution >= 0.6 is 0 Å². The largest absolute Gasteiger partial charge is 0.492 e. The molecular weight excluding hydrogens is 165 g/mol. The fraction of sp³-hybridized carbons (Fsp3) is 0.222. The van der Waals surface area contributed by atoms with Gasteiger partial charge in [0.25, 0.3) is 0 Å². The summed E-state index contributed by atoms with van der Waals surface area (Å²) in [5.74, 6) is 0. The maximum absolute atomic E-state index is 9.46. The molecule has 3 nitrogen and oxygen atoms in total. The molecule has 0 spiro atoms. The molecule has 1 N–H and O–H groups in total. The highest BCUT2D eigenvalue weighted by Gasteiger charge is 2.18. The molecule has 0 aliphatic rings. The SMILES string of the molecule is CCOB(O)c1ccccc1C#N. The Morgan fingerprint density at radius 3 is 2.85 bits per heavy atom. The first-order chi connectivity index (χ1) is 6.29. The molecule has 0 bridgehead atoms. The standard InChI is InChI=1S/C9H10BNO2/c1-2-13-10(12)9-6-4-3-5-8(9)7-11/h3-6,12H,2H2,1H3. The first kappa shape index (κ1) is 9.78. The zero-order valence-electron chi connectivity index (χ0n) is 7.40. The lowest BCUT2D eigenvalue weighted by atomic mass is 9.76. The van der Waals surface area contributed by atoms with Crippen LogP contribution in [-0.4, -0.2) is 18.7 Å². The Labute approximate surface area is 77.7 Å². The van der Waals surface area contributed by atoms with Crippen molar-refractivity contribution in [2.75, 3.05) is 6.61 Å². The van der Waals surface area contributed by atoms with Gasteiger partial charge in [-0.2, -0.15) is 5.26 Å². The lowest BCUT2D eigenvalue weighted by Crippen LogP contribution is -2.35. The van der Waals surface area contributed by atoms with Gasteiger partial charge in [-0.05, 0) is 18.5 Å². The Bertz CT molecular complexity index is 322. The third-order valence-corrected chi connectivity index (χ3v) is 1.67. The van der Waals surface area contributed by atoms with Gasteiger partial charge in [0.1, 0.15) is 0 Å². The van der Waals surface area contributed by atoms with Crippen LogP contribution in [0.5, 0.6) is 0 Å². The lowest BCUT2D eigenvalue weighted by molar-refractivity contribution is 0.287. The Balaban J connectivity index is 2.93. The highest BCUT2D eigenvalue weighted by atomic mass is 16.5. The minimum atomic E-state index is -0.999. The molecule has 0 aliphatic heterocycles. The first-order valence-corrected chi connectivity index (χ1v) is 4.08. The van der Waals surface area contributed by atoms with E-state index in [0.717, 1.165) is 0 Å². The molecule has 0 fully saturated rings. The molecule has 1 rings (SSSR count). The van der Waals surface area contributed by atoms with Gasteiger partial charge in [0.2, 0.25) is 0 Å². The van der Waals surface area contributed by atoms with Crippen molar-refractivity contribution in [1.82, 2.24) is 0 Å². The molecule has 0 saturated heterocycles. The summed E-state index contributed by atoms with van der Waals surface area (Å²) in [7, 11) is -0.999. The summed E-state index contributed by atoms with van der Waals surface area (Å²) in [6, 6.07) is 8.84. The minimum Gasteiger partial charge on any atom is -0.423 e. The maximum atomic E-state index is 9.46.